The number of rotatable bonds is 10. The van der Waals surface area contributed by atoms with Gasteiger partial charge in [0.05, 0.1) is 6.54 Å². The average molecular weight is 441 g/mol. The highest BCUT2D eigenvalue weighted by molar-refractivity contribution is 5.91. The number of aryl methyl sites for hydroxylation is 1. The van der Waals surface area contributed by atoms with Crippen molar-refractivity contribution >= 4 is 5.91 Å². The molecule has 4 aromatic rings. The lowest BCUT2D eigenvalue weighted by Gasteiger charge is -2.21. The van der Waals surface area contributed by atoms with Crippen LogP contribution in [0.5, 0.6) is 0 Å². The van der Waals surface area contributed by atoms with Crippen molar-refractivity contribution < 1.29 is 9.21 Å². The Bertz CT molecular complexity index is 1140. The van der Waals surface area contributed by atoms with Crippen LogP contribution in [0.1, 0.15) is 38.8 Å². The number of carbonyl (C=O) groups is 1. The zero-order valence-corrected chi connectivity index (χ0v) is 18.8. The van der Waals surface area contributed by atoms with Crippen molar-refractivity contribution in [2.24, 2.45) is 0 Å². The normalized spacial score (nSPS) is 11.0. The van der Waals surface area contributed by atoms with E-state index < -0.39 is 0 Å². The summed E-state index contributed by atoms with van der Waals surface area (Å²) in [6, 6.07) is 24.6. The van der Waals surface area contributed by atoms with Crippen LogP contribution < -0.4 is 5.32 Å². The van der Waals surface area contributed by atoms with E-state index in [4.69, 9.17) is 4.42 Å². The van der Waals surface area contributed by atoms with Gasteiger partial charge in [-0.05, 0) is 30.2 Å². The highest BCUT2D eigenvalue weighted by atomic mass is 16.3. The molecule has 0 unspecified atom stereocenters. The van der Waals surface area contributed by atoms with E-state index in [2.05, 4.69) is 63.5 Å². The van der Waals surface area contributed by atoms with E-state index in [-0.39, 0.29) is 5.91 Å². The molecule has 0 aliphatic heterocycles. The fourth-order valence-corrected chi connectivity index (χ4v) is 3.58. The van der Waals surface area contributed by atoms with Crippen molar-refractivity contribution in [2.75, 3.05) is 6.54 Å². The second kappa shape index (κ2) is 11.2. The van der Waals surface area contributed by atoms with Crippen LogP contribution >= 0.6 is 0 Å². The number of oxazole rings is 1. The van der Waals surface area contributed by atoms with Crippen LogP contribution in [0.4, 0.5) is 0 Å². The Labute approximate surface area is 194 Å². The summed E-state index contributed by atoms with van der Waals surface area (Å²) in [5.74, 6) is 0.280. The maximum atomic E-state index is 12.5. The molecule has 0 saturated heterocycles. The van der Waals surface area contributed by atoms with E-state index >= 15 is 0 Å². The molecule has 4 rings (SSSR count). The maximum Gasteiger partial charge on any atom is 0.273 e. The Morgan fingerprint density at radius 1 is 0.909 bits per heavy atom. The molecule has 0 bridgehead atoms. The lowest BCUT2D eigenvalue weighted by atomic mass is 10.1. The monoisotopic (exact) mass is 440 g/mol. The van der Waals surface area contributed by atoms with Crippen LogP contribution in [0.15, 0.2) is 89.7 Å². The first kappa shape index (κ1) is 22.4. The van der Waals surface area contributed by atoms with Gasteiger partial charge in [0.1, 0.15) is 6.26 Å². The highest BCUT2D eigenvalue weighted by Crippen LogP contribution is 2.15. The number of amides is 1. The third kappa shape index (κ3) is 6.85. The molecule has 2 aromatic heterocycles. The summed E-state index contributed by atoms with van der Waals surface area (Å²) in [6.07, 6.45) is 3.84. The van der Waals surface area contributed by atoms with Gasteiger partial charge in [-0.25, -0.2) is 4.98 Å². The van der Waals surface area contributed by atoms with Gasteiger partial charge in [0.15, 0.2) is 5.69 Å². The molecule has 33 heavy (non-hydrogen) atoms. The predicted molar refractivity (Wildman–Crippen MR) is 127 cm³/mol. The third-order valence-electron chi connectivity index (χ3n) is 5.31. The lowest BCUT2D eigenvalue weighted by Crippen LogP contribution is -2.26. The number of hydrogen-bond acceptors (Lipinski definition) is 5. The van der Waals surface area contributed by atoms with Gasteiger partial charge in [0.25, 0.3) is 5.91 Å². The Morgan fingerprint density at radius 2 is 1.64 bits per heavy atom. The third-order valence-corrected chi connectivity index (χ3v) is 5.31. The summed E-state index contributed by atoms with van der Waals surface area (Å²) in [5.41, 5.74) is 4.89. The first-order valence-electron chi connectivity index (χ1n) is 11.1. The van der Waals surface area contributed by atoms with Crippen molar-refractivity contribution in [3.05, 3.63) is 119 Å². The van der Waals surface area contributed by atoms with Crippen LogP contribution in [-0.4, -0.2) is 27.3 Å². The second-order valence-electron chi connectivity index (χ2n) is 8.07. The number of pyridine rings is 1. The quantitative estimate of drug-likeness (QED) is 0.392. The van der Waals surface area contributed by atoms with E-state index in [0.717, 1.165) is 18.8 Å². The van der Waals surface area contributed by atoms with Crippen LogP contribution in [0.25, 0.3) is 0 Å². The van der Waals surface area contributed by atoms with E-state index in [1.807, 2.05) is 36.4 Å². The fourth-order valence-electron chi connectivity index (χ4n) is 3.58. The van der Waals surface area contributed by atoms with E-state index in [9.17, 15) is 4.79 Å². The molecule has 6 heteroatoms. The Balaban J connectivity index is 1.38. The Hall–Kier alpha value is -3.77. The van der Waals surface area contributed by atoms with Crippen molar-refractivity contribution in [1.29, 1.82) is 0 Å². The standard InChI is InChI=1S/C27H28N4O2/c1-21-10-12-23(13-11-21)18-31(17-22-7-3-2-4-8-22)19-26-30-25(20-33-26)27(32)29-16-14-24-9-5-6-15-28-24/h2-13,15,20H,14,16-19H2,1H3,(H,29,32). The summed E-state index contributed by atoms with van der Waals surface area (Å²) in [5, 5.41) is 2.88. The van der Waals surface area contributed by atoms with E-state index in [1.54, 1.807) is 6.20 Å². The number of benzene rings is 2. The molecule has 0 aliphatic rings. The highest BCUT2D eigenvalue weighted by Gasteiger charge is 2.16. The number of hydrogen-bond donors (Lipinski definition) is 1. The van der Waals surface area contributed by atoms with E-state index in [1.165, 1.54) is 23.0 Å². The van der Waals surface area contributed by atoms with Crippen molar-refractivity contribution in [3.63, 3.8) is 0 Å². The van der Waals surface area contributed by atoms with Crippen molar-refractivity contribution in [2.45, 2.75) is 33.0 Å². The van der Waals surface area contributed by atoms with Gasteiger partial charge in [-0.2, -0.15) is 0 Å². The van der Waals surface area contributed by atoms with Gasteiger partial charge in [-0.3, -0.25) is 14.7 Å². The van der Waals surface area contributed by atoms with Gasteiger partial charge < -0.3 is 9.73 Å². The summed E-state index contributed by atoms with van der Waals surface area (Å²) in [6.45, 7) is 4.59. The zero-order valence-electron chi connectivity index (χ0n) is 18.8. The molecule has 0 spiro atoms. The Kier molecular flexibility index (Phi) is 7.61. The molecule has 0 saturated carbocycles. The number of carbonyl (C=O) groups excluding carboxylic acids is 1. The summed E-state index contributed by atoms with van der Waals surface area (Å²) in [4.78, 5) is 23.4. The van der Waals surface area contributed by atoms with Gasteiger partial charge >= 0.3 is 0 Å². The topological polar surface area (TPSA) is 71.3 Å². The van der Waals surface area contributed by atoms with Crippen LogP contribution in [0.2, 0.25) is 0 Å². The molecule has 1 amide bonds. The van der Waals surface area contributed by atoms with Crippen molar-refractivity contribution in [1.82, 2.24) is 20.2 Å². The number of aromatic nitrogens is 2. The zero-order chi connectivity index (χ0) is 22.9. The minimum atomic E-state index is -0.242. The first-order chi connectivity index (χ1) is 16.2. The lowest BCUT2D eigenvalue weighted by molar-refractivity contribution is 0.0949. The molecule has 1 N–H and O–H groups in total. The van der Waals surface area contributed by atoms with Gasteiger partial charge in [0.2, 0.25) is 5.89 Å². The van der Waals surface area contributed by atoms with E-state index in [0.29, 0.717) is 31.1 Å². The molecule has 0 fully saturated rings. The molecule has 0 aliphatic carbocycles. The molecular formula is C27H28N4O2. The molecule has 0 atom stereocenters. The SMILES string of the molecule is Cc1ccc(CN(Cc2ccccc2)Cc2nc(C(=O)NCCc3ccccn3)co2)cc1. The smallest absolute Gasteiger partial charge is 0.273 e. The molecule has 2 aromatic carbocycles. The first-order valence-corrected chi connectivity index (χ1v) is 11.1. The predicted octanol–water partition coefficient (Wildman–Crippen LogP) is 4.55. The average Bonchev–Trinajstić information content (AvgIpc) is 3.30. The molecule has 6 nitrogen and oxygen atoms in total. The summed E-state index contributed by atoms with van der Waals surface area (Å²) >= 11 is 0. The number of nitrogens with one attached hydrogen (secondary N) is 1. The minimum absolute atomic E-state index is 0.242. The Morgan fingerprint density at radius 3 is 2.36 bits per heavy atom. The molecule has 168 valence electrons. The van der Waals surface area contributed by atoms with Crippen molar-refractivity contribution in [3.8, 4) is 0 Å². The summed E-state index contributed by atoms with van der Waals surface area (Å²) in [7, 11) is 0. The molecule has 2 heterocycles. The number of nitrogens with zero attached hydrogens (tertiary/aromatic N) is 3. The second-order valence-corrected chi connectivity index (χ2v) is 8.07. The van der Waals surface area contributed by atoms with Crippen LogP contribution in [-0.2, 0) is 26.1 Å². The molecule has 0 radical (unpaired) electrons. The maximum absolute atomic E-state index is 12.5. The summed E-state index contributed by atoms with van der Waals surface area (Å²) < 4.78 is 5.65. The van der Waals surface area contributed by atoms with Gasteiger partial charge in [-0.15, -0.1) is 0 Å². The molecular weight excluding hydrogens is 412 g/mol. The van der Waals surface area contributed by atoms with Gasteiger partial charge in [-0.1, -0.05) is 66.2 Å². The van der Waals surface area contributed by atoms with Crippen LogP contribution in [0.3, 0.4) is 0 Å². The fraction of sp³-hybridized carbons (Fsp3) is 0.222. The van der Waals surface area contributed by atoms with Gasteiger partial charge in [0, 0.05) is 37.9 Å². The largest absolute Gasteiger partial charge is 0.447 e. The minimum Gasteiger partial charge on any atom is -0.447 e. The van der Waals surface area contributed by atoms with Crippen LogP contribution in [0, 0.1) is 6.92 Å².